The van der Waals surface area contributed by atoms with Crippen molar-refractivity contribution >= 4 is 17.6 Å². The number of para-hydroxylation sites is 1. The highest BCUT2D eigenvalue weighted by Gasteiger charge is 2.42. The molecule has 4 nitrogen and oxygen atoms in total. The van der Waals surface area contributed by atoms with Gasteiger partial charge in [0.1, 0.15) is 5.75 Å². The lowest BCUT2D eigenvalue weighted by atomic mass is 9.75. The molecule has 3 rings (SSSR count). The standard InChI is InChI=1S/C23H28ClNO3/c1-2-27-22(26)23(13-16-28-21-9-4-3-5-10-21)11-14-25(15-12-23)18-19-7-6-8-20(24)17-19/h3-10,17H,2,11-16,18H2,1H3. The molecule has 0 saturated carbocycles. The van der Waals surface area contributed by atoms with Gasteiger partial charge in [-0.2, -0.15) is 0 Å². The van der Waals surface area contributed by atoms with Crippen LogP contribution in [0.15, 0.2) is 54.6 Å². The van der Waals surface area contributed by atoms with Crippen LogP contribution in [0.3, 0.4) is 0 Å². The summed E-state index contributed by atoms with van der Waals surface area (Å²) in [4.78, 5) is 15.1. The fourth-order valence-electron chi connectivity index (χ4n) is 3.75. The Labute approximate surface area is 172 Å². The molecule has 1 aliphatic heterocycles. The van der Waals surface area contributed by atoms with E-state index in [0.717, 1.165) is 43.2 Å². The van der Waals surface area contributed by atoms with Crippen molar-refractivity contribution in [1.29, 1.82) is 0 Å². The second kappa shape index (κ2) is 9.94. The number of carbonyl (C=O) groups is 1. The molecular formula is C23H28ClNO3. The second-order valence-corrected chi connectivity index (χ2v) is 7.75. The van der Waals surface area contributed by atoms with E-state index in [1.807, 2.05) is 55.5 Å². The Morgan fingerprint density at radius 2 is 1.86 bits per heavy atom. The third-order valence-corrected chi connectivity index (χ3v) is 5.64. The lowest BCUT2D eigenvalue weighted by Crippen LogP contribution is -2.45. The van der Waals surface area contributed by atoms with E-state index in [-0.39, 0.29) is 5.97 Å². The highest BCUT2D eigenvalue weighted by molar-refractivity contribution is 6.30. The van der Waals surface area contributed by atoms with Crippen molar-refractivity contribution in [3.05, 3.63) is 65.2 Å². The van der Waals surface area contributed by atoms with Gasteiger partial charge in [-0.05, 0) is 69.1 Å². The van der Waals surface area contributed by atoms with Crippen LogP contribution in [0.1, 0.15) is 31.7 Å². The number of benzene rings is 2. The molecule has 0 aromatic heterocycles. The normalized spacial score (nSPS) is 16.5. The first kappa shape index (κ1) is 20.7. The molecule has 5 heteroatoms. The predicted molar refractivity (Wildman–Crippen MR) is 112 cm³/mol. The van der Waals surface area contributed by atoms with Crippen molar-refractivity contribution in [2.24, 2.45) is 5.41 Å². The molecule has 2 aromatic rings. The van der Waals surface area contributed by atoms with Gasteiger partial charge in [0.15, 0.2) is 0 Å². The number of ether oxygens (including phenoxy) is 2. The third kappa shape index (κ3) is 5.49. The molecular weight excluding hydrogens is 374 g/mol. The van der Waals surface area contributed by atoms with Crippen LogP contribution in [0.5, 0.6) is 5.75 Å². The number of piperidine rings is 1. The summed E-state index contributed by atoms with van der Waals surface area (Å²) in [7, 11) is 0. The molecule has 1 saturated heterocycles. The van der Waals surface area contributed by atoms with Gasteiger partial charge in [0.2, 0.25) is 0 Å². The Hall–Kier alpha value is -2.04. The molecule has 1 fully saturated rings. The quantitative estimate of drug-likeness (QED) is 0.586. The Morgan fingerprint density at radius 1 is 1.11 bits per heavy atom. The number of nitrogens with zero attached hydrogens (tertiary/aromatic N) is 1. The number of carbonyl (C=O) groups excluding carboxylic acids is 1. The molecule has 0 atom stereocenters. The molecule has 0 radical (unpaired) electrons. The zero-order valence-corrected chi connectivity index (χ0v) is 17.2. The number of hydrogen-bond acceptors (Lipinski definition) is 4. The zero-order chi connectivity index (χ0) is 19.8. The van der Waals surface area contributed by atoms with Crippen LogP contribution in [0.4, 0.5) is 0 Å². The van der Waals surface area contributed by atoms with Gasteiger partial charge in [0.25, 0.3) is 0 Å². The maximum absolute atomic E-state index is 12.8. The van der Waals surface area contributed by atoms with Crippen molar-refractivity contribution in [3.8, 4) is 5.75 Å². The van der Waals surface area contributed by atoms with E-state index in [1.165, 1.54) is 5.56 Å². The molecule has 0 amide bonds. The minimum absolute atomic E-state index is 0.0888. The Balaban J connectivity index is 1.59. The first-order valence-corrected chi connectivity index (χ1v) is 10.3. The lowest BCUT2D eigenvalue weighted by molar-refractivity contribution is -0.159. The van der Waals surface area contributed by atoms with Gasteiger partial charge in [-0.15, -0.1) is 0 Å². The largest absolute Gasteiger partial charge is 0.494 e. The monoisotopic (exact) mass is 401 g/mol. The molecule has 0 bridgehead atoms. The van der Waals surface area contributed by atoms with Crippen LogP contribution in [0.2, 0.25) is 5.02 Å². The van der Waals surface area contributed by atoms with Crippen LogP contribution >= 0.6 is 11.6 Å². The highest BCUT2D eigenvalue weighted by atomic mass is 35.5. The lowest BCUT2D eigenvalue weighted by Gasteiger charge is -2.40. The minimum atomic E-state index is -0.463. The van der Waals surface area contributed by atoms with Gasteiger partial charge >= 0.3 is 5.97 Å². The fourth-order valence-corrected chi connectivity index (χ4v) is 3.97. The van der Waals surface area contributed by atoms with Crippen molar-refractivity contribution in [3.63, 3.8) is 0 Å². The highest BCUT2D eigenvalue weighted by Crippen LogP contribution is 2.37. The number of hydrogen-bond donors (Lipinski definition) is 0. The van der Waals surface area contributed by atoms with Crippen LogP contribution in [0, 0.1) is 5.41 Å². The maximum atomic E-state index is 12.8. The van der Waals surface area contributed by atoms with Crippen LogP contribution < -0.4 is 4.74 Å². The van der Waals surface area contributed by atoms with E-state index in [1.54, 1.807) is 0 Å². The summed E-state index contributed by atoms with van der Waals surface area (Å²) in [5.41, 5.74) is 0.735. The molecule has 1 heterocycles. The van der Waals surface area contributed by atoms with Gasteiger partial charge in [-0.1, -0.05) is 41.9 Å². The third-order valence-electron chi connectivity index (χ3n) is 5.41. The van der Waals surface area contributed by atoms with Crippen LogP contribution in [-0.2, 0) is 16.1 Å². The number of likely N-dealkylation sites (tertiary alicyclic amines) is 1. The van der Waals surface area contributed by atoms with Crippen LogP contribution in [-0.4, -0.2) is 37.2 Å². The zero-order valence-electron chi connectivity index (χ0n) is 16.4. The van der Waals surface area contributed by atoms with E-state index in [9.17, 15) is 4.79 Å². The van der Waals surface area contributed by atoms with Gasteiger partial charge in [0.05, 0.1) is 18.6 Å². The topological polar surface area (TPSA) is 38.8 Å². The first-order chi connectivity index (χ1) is 13.6. The van der Waals surface area contributed by atoms with E-state index in [2.05, 4.69) is 11.0 Å². The summed E-state index contributed by atoms with van der Waals surface area (Å²) >= 11 is 6.10. The van der Waals surface area contributed by atoms with Crippen LogP contribution in [0.25, 0.3) is 0 Å². The maximum Gasteiger partial charge on any atom is 0.312 e. The van der Waals surface area contributed by atoms with Crippen molar-refractivity contribution in [1.82, 2.24) is 4.90 Å². The van der Waals surface area contributed by atoms with Gasteiger partial charge in [-0.25, -0.2) is 0 Å². The Bertz CT molecular complexity index is 757. The van der Waals surface area contributed by atoms with Crippen molar-refractivity contribution < 1.29 is 14.3 Å². The predicted octanol–water partition coefficient (Wildman–Crippen LogP) is 4.95. The molecule has 0 spiro atoms. The summed E-state index contributed by atoms with van der Waals surface area (Å²) in [6.07, 6.45) is 2.24. The van der Waals surface area contributed by atoms with E-state index in [4.69, 9.17) is 21.1 Å². The minimum Gasteiger partial charge on any atom is -0.494 e. The summed E-state index contributed by atoms with van der Waals surface area (Å²) in [5, 5.41) is 0.758. The van der Waals surface area contributed by atoms with E-state index in [0.29, 0.717) is 19.6 Å². The number of rotatable bonds is 8. The average molecular weight is 402 g/mol. The van der Waals surface area contributed by atoms with Gasteiger partial charge in [-0.3, -0.25) is 9.69 Å². The number of halogens is 1. The smallest absolute Gasteiger partial charge is 0.312 e. The summed E-state index contributed by atoms with van der Waals surface area (Å²) in [6.45, 7) is 5.34. The second-order valence-electron chi connectivity index (χ2n) is 7.32. The fraction of sp³-hybridized carbons (Fsp3) is 0.435. The average Bonchev–Trinajstić information content (AvgIpc) is 2.70. The molecule has 2 aromatic carbocycles. The molecule has 150 valence electrons. The molecule has 28 heavy (non-hydrogen) atoms. The Kier molecular flexibility index (Phi) is 7.35. The molecule has 0 unspecified atom stereocenters. The van der Waals surface area contributed by atoms with Gasteiger partial charge in [0, 0.05) is 11.6 Å². The molecule has 1 aliphatic rings. The van der Waals surface area contributed by atoms with E-state index >= 15 is 0 Å². The number of esters is 1. The van der Waals surface area contributed by atoms with Crippen molar-refractivity contribution in [2.75, 3.05) is 26.3 Å². The summed E-state index contributed by atoms with van der Waals surface area (Å²) in [6, 6.07) is 17.7. The van der Waals surface area contributed by atoms with Gasteiger partial charge < -0.3 is 9.47 Å². The molecule has 0 N–H and O–H groups in total. The Morgan fingerprint density at radius 3 is 2.54 bits per heavy atom. The summed E-state index contributed by atoms with van der Waals surface area (Å²) < 4.78 is 11.3. The van der Waals surface area contributed by atoms with E-state index < -0.39 is 5.41 Å². The summed E-state index contributed by atoms with van der Waals surface area (Å²) in [5.74, 6) is 0.744. The first-order valence-electron chi connectivity index (χ1n) is 9.93. The molecule has 0 aliphatic carbocycles. The SMILES string of the molecule is CCOC(=O)C1(CCOc2ccccc2)CCN(Cc2cccc(Cl)c2)CC1. The van der Waals surface area contributed by atoms with Crippen molar-refractivity contribution in [2.45, 2.75) is 32.7 Å².